The molecule has 3 aromatic rings. The molecule has 0 spiro atoms. The molecule has 2 aromatic carbocycles. The number of fused-ring (bicyclic) bond motifs is 3. The Morgan fingerprint density at radius 3 is 2.43 bits per heavy atom. The maximum atomic E-state index is 15.4. The monoisotopic (exact) mass is 509 g/mol. The molecule has 7 nitrogen and oxygen atoms in total. The fraction of sp³-hybridized carbons (Fsp3) is 0.393. The highest BCUT2D eigenvalue weighted by Crippen LogP contribution is 2.44. The average molecular weight is 510 g/mol. The number of carboxylic acid groups (broad SMARTS) is 1. The van der Waals surface area contributed by atoms with Gasteiger partial charge < -0.3 is 16.2 Å². The number of anilines is 1. The van der Waals surface area contributed by atoms with Crippen molar-refractivity contribution in [2.45, 2.75) is 58.4 Å². The molecule has 2 aliphatic rings. The summed E-state index contributed by atoms with van der Waals surface area (Å²) >= 11 is 0. The van der Waals surface area contributed by atoms with Gasteiger partial charge in [-0.2, -0.15) is 0 Å². The molecule has 1 aromatic heterocycles. The van der Waals surface area contributed by atoms with E-state index in [9.17, 15) is 23.9 Å². The predicted octanol–water partition coefficient (Wildman–Crippen LogP) is 5.35. The van der Waals surface area contributed by atoms with Crippen LogP contribution in [0, 0.1) is 23.0 Å². The van der Waals surface area contributed by atoms with Crippen molar-refractivity contribution in [2.75, 3.05) is 5.32 Å². The highest BCUT2D eigenvalue weighted by molar-refractivity contribution is 6.06. The zero-order valence-corrected chi connectivity index (χ0v) is 20.7. The van der Waals surface area contributed by atoms with Crippen molar-refractivity contribution in [1.29, 1.82) is 0 Å². The second kappa shape index (κ2) is 8.97. The standard InChI is InChI=1S/C28H29F2N3O4/c1-28(2)12-22-24(18-8-5-16(29)11-21(18)33(22)23(34)13-28)15-9-19(30)25(26(31)35)20(10-15)32-17-6-3-14(4-7-17)27(36)37/h5,8-11,14,17,32H,3-4,6-7,12-13H2,1-2H3,(H2,31,35)(H,36,37)/t14-,17-. The van der Waals surface area contributed by atoms with Gasteiger partial charge in [0.2, 0.25) is 5.91 Å². The highest BCUT2D eigenvalue weighted by Gasteiger charge is 2.36. The van der Waals surface area contributed by atoms with Crippen LogP contribution in [0.1, 0.15) is 66.8 Å². The number of aliphatic carboxylic acids is 1. The smallest absolute Gasteiger partial charge is 0.306 e. The Morgan fingerprint density at radius 1 is 1.08 bits per heavy atom. The Hall–Kier alpha value is -3.75. The van der Waals surface area contributed by atoms with E-state index in [0.717, 1.165) is 0 Å². The number of nitrogens with one attached hydrogen (secondary N) is 1. The van der Waals surface area contributed by atoms with Crippen LogP contribution in [0.4, 0.5) is 14.5 Å². The van der Waals surface area contributed by atoms with Crippen molar-refractivity contribution in [3.63, 3.8) is 0 Å². The summed E-state index contributed by atoms with van der Waals surface area (Å²) in [6.45, 7) is 3.96. The number of carboxylic acids is 1. The van der Waals surface area contributed by atoms with E-state index in [1.54, 1.807) is 12.1 Å². The second-order valence-corrected chi connectivity index (χ2v) is 11.0. The number of hydrogen-bond acceptors (Lipinski definition) is 4. The summed E-state index contributed by atoms with van der Waals surface area (Å²) in [5.74, 6) is -3.61. The van der Waals surface area contributed by atoms with Crippen LogP contribution < -0.4 is 11.1 Å². The average Bonchev–Trinajstić information content (AvgIpc) is 3.10. The Morgan fingerprint density at radius 2 is 1.78 bits per heavy atom. The molecule has 0 atom stereocenters. The van der Waals surface area contributed by atoms with Crippen LogP contribution in [-0.2, 0) is 11.2 Å². The fourth-order valence-electron chi connectivity index (χ4n) is 5.91. The van der Waals surface area contributed by atoms with Gasteiger partial charge in [-0.15, -0.1) is 0 Å². The molecule has 0 unspecified atom stereocenters. The molecule has 0 bridgehead atoms. The van der Waals surface area contributed by atoms with E-state index in [-0.39, 0.29) is 28.6 Å². The third-order valence-electron chi connectivity index (χ3n) is 7.62. The molecule has 1 aliphatic heterocycles. The maximum absolute atomic E-state index is 15.4. The highest BCUT2D eigenvalue weighted by atomic mass is 19.1. The van der Waals surface area contributed by atoms with E-state index in [2.05, 4.69) is 5.32 Å². The molecule has 0 radical (unpaired) electrons. The third kappa shape index (κ3) is 4.47. The number of nitrogens with zero attached hydrogens (tertiary/aromatic N) is 1. The van der Waals surface area contributed by atoms with Crippen LogP contribution in [0.3, 0.4) is 0 Å². The lowest BCUT2D eigenvalue weighted by Crippen LogP contribution is -2.31. The molecule has 2 heterocycles. The lowest BCUT2D eigenvalue weighted by Gasteiger charge is -2.31. The molecule has 37 heavy (non-hydrogen) atoms. The summed E-state index contributed by atoms with van der Waals surface area (Å²) in [7, 11) is 0. The molecule has 194 valence electrons. The number of primary amides is 1. The topological polar surface area (TPSA) is 114 Å². The van der Waals surface area contributed by atoms with Crippen molar-refractivity contribution < 1.29 is 28.3 Å². The predicted molar refractivity (Wildman–Crippen MR) is 136 cm³/mol. The van der Waals surface area contributed by atoms with Gasteiger partial charge in [-0.05, 0) is 73.4 Å². The summed E-state index contributed by atoms with van der Waals surface area (Å²) in [5.41, 5.74) is 7.29. The largest absolute Gasteiger partial charge is 0.481 e. The first kappa shape index (κ1) is 24.9. The van der Waals surface area contributed by atoms with Gasteiger partial charge in [0.05, 0.1) is 22.7 Å². The van der Waals surface area contributed by atoms with Crippen LogP contribution in [0.25, 0.3) is 22.0 Å². The Labute approximate surface area is 212 Å². The zero-order chi connectivity index (χ0) is 26.6. The normalized spacial score (nSPS) is 21.0. The Kier molecular flexibility index (Phi) is 6.04. The van der Waals surface area contributed by atoms with Crippen LogP contribution in [0.5, 0.6) is 0 Å². The first-order valence-corrected chi connectivity index (χ1v) is 12.4. The van der Waals surface area contributed by atoms with Crippen molar-refractivity contribution in [1.82, 2.24) is 4.57 Å². The summed E-state index contributed by atoms with van der Waals surface area (Å²) in [5, 5.41) is 13.1. The summed E-state index contributed by atoms with van der Waals surface area (Å²) in [4.78, 5) is 36.7. The van der Waals surface area contributed by atoms with E-state index in [4.69, 9.17) is 5.73 Å². The zero-order valence-electron chi connectivity index (χ0n) is 20.7. The van der Waals surface area contributed by atoms with E-state index in [0.29, 0.717) is 66.2 Å². The molecular weight excluding hydrogens is 480 g/mol. The van der Waals surface area contributed by atoms with Crippen LogP contribution in [0.15, 0.2) is 30.3 Å². The number of rotatable bonds is 5. The number of hydrogen-bond donors (Lipinski definition) is 3. The van der Waals surface area contributed by atoms with Gasteiger partial charge in [-0.25, -0.2) is 8.78 Å². The van der Waals surface area contributed by atoms with Gasteiger partial charge in [0, 0.05) is 29.1 Å². The Balaban J connectivity index is 1.65. The molecule has 4 N–H and O–H groups in total. The quantitative estimate of drug-likeness (QED) is 0.429. The maximum Gasteiger partial charge on any atom is 0.306 e. The van der Waals surface area contributed by atoms with Crippen LogP contribution >= 0.6 is 0 Å². The van der Waals surface area contributed by atoms with Gasteiger partial charge in [0.1, 0.15) is 11.6 Å². The number of aromatic nitrogens is 1. The van der Waals surface area contributed by atoms with Gasteiger partial charge in [0.15, 0.2) is 0 Å². The number of halogens is 2. The summed E-state index contributed by atoms with van der Waals surface area (Å²) in [6, 6.07) is 6.94. The van der Waals surface area contributed by atoms with E-state index >= 15 is 4.39 Å². The number of carbonyl (C=O) groups excluding carboxylic acids is 2. The van der Waals surface area contributed by atoms with E-state index in [1.165, 1.54) is 22.8 Å². The minimum atomic E-state index is -0.923. The second-order valence-electron chi connectivity index (χ2n) is 11.0. The molecule has 1 amide bonds. The molecule has 1 saturated carbocycles. The molecular formula is C28H29F2N3O4. The van der Waals surface area contributed by atoms with Gasteiger partial charge in [0.25, 0.3) is 5.91 Å². The van der Waals surface area contributed by atoms with Crippen LogP contribution in [-0.4, -0.2) is 33.5 Å². The minimum absolute atomic E-state index is 0.155. The molecule has 9 heteroatoms. The minimum Gasteiger partial charge on any atom is -0.481 e. The third-order valence-corrected chi connectivity index (χ3v) is 7.62. The Bertz CT molecular complexity index is 1450. The number of benzene rings is 2. The molecule has 0 saturated heterocycles. The summed E-state index contributed by atoms with van der Waals surface area (Å²) in [6.07, 6.45) is 2.86. The number of nitrogens with two attached hydrogens (primary N) is 1. The number of amides is 1. The van der Waals surface area contributed by atoms with Crippen molar-refractivity contribution in [3.8, 4) is 11.1 Å². The lowest BCUT2D eigenvalue weighted by molar-refractivity contribution is -0.142. The van der Waals surface area contributed by atoms with Crippen molar-refractivity contribution in [2.24, 2.45) is 17.1 Å². The van der Waals surface area contributed by atoms with Gasteiger partial charge in [-0.3, -0.25) is 19.0 Å². The first-order chi connectivity index (χ1) is 17.4. The molecule has 1 fully saturated rings. The summed E-state index contributed by atoms with van der Waals surface area (Å²) < 4.78 is 31.2. The first-order valence-electron chi connectivity index (χ1n) is 12.4. The van der Waals surface area contributed by atoms with Gasteiger partial charge >= 0.3 is 5.97 Å². The van der Waals surface area contributed by atoms with Crippen molar-refractivity contribution >= 4 is 34.4 Å². The van der Waals surface area contributed by atoms with E-state index in [1.807, 2.05) is 13.8 Å². The number of carbonyl (C=O) groups is 3. The van der Waals surface area contributed by atoms with Gasteiger partial charge in [-0.1, -0.05) is 13.8 Å². The SMILES string of the molecule is CC1(C)CC(=O)n2c(c(-c3cc(F)c(C(N)=O)c(N[C@H]4CC[C@H](C(=O)O)CC4)c3)c3ccc(F)cc32)C1. The van der Waals surface area contributed by atoms with Crippen LogP contribution in [0.2, 0.25) is 0 Å². The molecule has 5 rings (SSSR count). The fourth-order valence-corrected chi connectivity index (χ4v) is 5.91. The lowest BCUT2D eigenvalue weighted by atomic mass is 9.80. The molecule has 1 aliphatic carbocycles. The van der Waals surface area contributed by atoms with Crippen molar-refractivity contribution in [3.05, 3.63) is 53.2 Å². The van der Waals surface area contributed by atoms with E-state index < -0.39 is 29.4 Å².